The van der Waals surface area contributed by atoms with Crippen molar-refractivity contribution >= 4 is 29.3 Å². The van der Waals surface area contributed by atoms with Gasteiger partial charge in [-0.1, -0.05) is 55.3 Å². The van der Waals surface area contributed by atoms with Crippen LogP contribution < -0.4 is 11.1 Å². The van der Waals surface area contributed by atoms with Crippen molar-refractivity contribution in [1.82, 2.24) is 15.1 Å². The van der Waals surface area contributed by atoms with E-state index < -0.39 is 18.1 Å². The van der Waals surface area contributed by atoms with Crippen molar-refractivity contribution in [1.29, 1.82) is 0 Å². The molecule has 0 radical (unpaired) electrons. The van der Waals surface area contributed by atoms with Gasteiger partial charge in [-0.15, -0.1) is 0 Å². The maximum atomic E-state index is 13.8. The van der Waals surface area contributed by atoms with Gasteiger partial charge in [0.2, 0.25) is 17.7 Å². The van der Waals surface area contributed by atoms with Crippen molar-refractivity contribution < 1.29 is 18.8 Å². The lowest BCUT2D eigenvalue weighted by atomic mass is 9.97. The average molecular weight is 531 g/mol. The SMILES string of the molecule is CCC[C@@H]1C(=O)N(C(Cc2ccccc2Cl)C(=O)NC(C)C)CCN1C(=O)C(N)Cc1ccc(F)cc1. The quantitative estimate of drug-likeness (QED) is 0.492. The summed E-state index contributed by atoms with van der Waals surface area (Å²) in [6, 6.07) is 10.7. The lowest BCUT2D eigenvalue weighted by molar-refractivity contribution is -0.156. The fourth-order valence-electron chi connectivity index (χ4n) is 4.70. The predicted octanol–water partition coefficient (Wildman–Crippen LogP) is 3.32. The van der Waals surface area contributed by atoms with Crippen LogP contribution in [0.2, 0.25) is 5.02 Å². The largest absolute Gasteiger partial charge is 0.352 e. The number of carbonyl (C=O) groups is 3. The fourth-order valence-corrected chi connectivity index (χ4v) is 4.92. The molecule has 1 heterocycles. The normalized spacial score (nSPS) is 17.6. The van der Waals surface area contributed by atoms with E-state index in [0.717, 1.165) is 11.1 Å². The highest BCUT2D eigenvalue weighted by molar-refractivity contribution is 6.31. The summed E-state index contributed by atoms with van der Waals surface area (Å²) in [7, 11) is 0. The van der Waals surface area contributed by atoms with Gasteiger partial charge < -0.3 is 20.9 Å². The van der Waals surface area contributed by atoms with Crippen molar-refractivity contribution in [2.24, 2.45) is 5.73 Å². The zero-order valence-electron chi connectivity index (χ0n) is 21.6. The molecule has 1 fully saturated rings. The predicted molar refractivity (Wildman–Crippen MR) is 142 cm³/mol. The first-order valence-electron chi connectivity index (χ1n) is 12.8. The minimum Gasteiger partial charge on any atom is -0.352 e. The molecule has 2 unspecified atom stereocenters. The van der Waals surface area contributed by atoms with Gasteiger partial charge in [0.15, 0.2) is 0 Å². The van der Waals surface area contributed by atoms with Crippen LogP contribution in [0.15, 0.2) is 48.5 Å². The van der Waals surface area contributed by atoms with E-state index in [0.29, 0.717) is 17.9 Å². The summed E-state index contributed by atoms with van der Waals surface area (Å²) >= 11 is 6.38. The second-order valence-corrected chi connectivity index (χ2v) is 10.2. The van der Waals surface area contributed by atoms with Crippen LogP contribution in [0, 0.1) is 5.82 Å². The Morgan fingerprint density at radius 1 is 1.11 bits per heavy atom. The zero-order valence-corrected chi connectivity index (χ0v) is 22.4. The Kier molecular flexibility index (Phi) is 10.1. The molecule has 0 saturated carbocycles. The smallest absolute Gasteiger partial charge is 0.246 e. The maximum absolute atomic E-state index is 13.8. The number of benzene rings is 2. The Morgan fingerprint density at radius 3 is 2.41 bits per heavy atom. The number of nitrogens with two attached hydrogens (primary N) is 1. The molecular formula is C28H36ClFN4O3. The molecule has 1 aliphatic heterocycles. The van der Waals surface area contributed by atoms with Crippen LogP contribution in [0.5, 0.6) is 0 Å². The second-order valence-electron chi connectivity index (χ2n) is 9.78. The van der Waals surface area contributed by atoms with E-state index in [2.05, 4.69) is 5.32 Å². The number of nitrogens with one attached hydrogen (secondary N) is 1. The third kappa shape index (κ3) is 7.29. The van der Waals surface area contributed by atoms with Gasteiger partial charge in [0.1, 0.15) is 17.9 Å². The van der Waals surface area contributed by atoms with Gasteiger partial charge in [0.05, 0.1) is 6.04 Å². The Labute approximate surface area is 223 Å². The molecule has 7 nitrogen and oxygen atoms in total. The van der Waals surface area contributed by atoms with Gasteiger partial charge in [-0.25, -0.2) is 4.39 Å². The molecule has 2 aromatic carbocycles. The zero-order chi connectivity index (χ0) is 27.1. The summed E-state index contributed by atoms with van der Waals surface area (Å²) in [5.41, 5.74) is 7.76. The molecule has 3 atom stereocenters. The number of halogens is 2. The standard InChI is InChI=1S/C28H36ClFN4O3/c1-4-7-24-28(37)34(25(26(35)32-18(2)3)17-20-8-5-6-9-22(20)29)15-14-33(24)27(36)23(31)16-19-10-12-21(30)13-11-19/h5-6,8-13,18,23-25H,4,7,14-17,31H2,1-3H3,(H,32,35)/t23?,24-,25?/m1/s1. The maximum Gasteiger partial charge on any atom is 0.246 e. The number of carbonyl (C=O) groups excluding carboxylic acids is 3. The molecule has 1 aliphatic rings. The molecule has 0 spiro atoms. The summed E-state index contributed by atoms with van der Waals surface area (Å²) in [5.74, 6) is -1.22. The van der Waals surface area contributed by atoms with Gasteiger partial charge in [0, 0.05) is 30.6 Å². The lowest BCUT2D eigenvalue weighted by Gasteiger charge is -2.44. The van der Waals surface area contributed by atoms with Gasteiger partial charge in [-0.05, 0) is 56.0 Å². The third-order valence-corrected chi connectivity index (χ3v) is 6.91. The first-order chi connectivity index (χ1) is 17.6. The lowest BCUT2D eigenvalue weighted by Crippen LogP contribution is -2.65. The molecule has 37 heavy (non-hydrogen) atoms. The van der Waals surface area contributed by atoms with Crippen LogP contribution in [-0.4, -0.2) is 64.8 Å². The Hall–Kier alpha value is -2.97. The van der Waals surface area contributed by atoms with Crippen LogP contribution in [0.4, 0.5) is 4.39 Å². The summed E-state index contributed by atoms with van der Waals surface area (Å²) in [6.07, 6.45) is 1.63. The summed E-state index contributed by atoms with van der Waals surface area (Å²) < 4.78 is 13.3. The van der Waals surface area contributed by atoms with Crippen molar-refractivity contribution in [2.45, 2.75) is 70.6 Å². The van der Waals surface area contributed by atoms with Crippen LogP contribution >= 0.6 is 11.6 Å². The number of hydrogen-bond donors (Lipinski definition) is 2. The Bertz CT molecular complexity index is 1100. The van der Waals surface area contributed by atoms with Gasteiger partial charge >= 0.3 is 0 Å². The van der Waals surface area contributed by atoms with E-state index in [1.807, 2.05) is 39.0 Å². The number of hydrogen-bond acceptors (Lipinski definition) is 4. The Morgan fingerprint density at radius 2 is 1.78 bits per heavy atom. The van der Waals surface area contributed by atoms with E-state index in [1.54, 1.807) is 28.0 Å². The van der Waals surface area contributed by atoms with Crippen molar-refractivity contribution in [3.05, 3.63) is 70.5 Å². The van der Waals surface area contributed by atoms with Crippen LogP contribution in [-0.2, 0) is 27.2 Å². The number of nitrogens with zero attached hydrogens (tertiary/aromatic N) is 2. The minimum atomic E-state index is -0.868. The first-order valence-corrected chi connectivity index (χ1v) is 13.1. The number of piperazine rings is 1. The Balaban J connectivity index is 1.82. The molecule has 1 saturated heterocycles. The monoisotopic (exact) mass is 530 g/mol. The molecule has 0 bridgehead atoms. The topological polar surface area (TPSA) is 95.7 Å². The van der Waals surface area contributed by atoms with Crippen molar-refractivity contribution in [3.8, 4) is 0 Å². The molecule has 200 valence electrons. The van der Waals surface area contributed by atoms with Crippen LogP contribution in [0.1, 0.15) is 44.7 Å². The van der Waals surface area contributed by atoms with Crippen LogP contribution in [0.3, 0.4) is 0 Å². The highest BCUT2D eigenvalue weighted by Crippen LogP contribution is 2.24. The highest BCUT2D eigenvalue weighted by Gasteiger charge is 2.42. The fraction of sp³-hybridized carbons (Fsp3) is 0.464. The van der Waals surface area contributed by atoms with E-state index >= 15 is 0 Å². The van der Waals surface area contributed by atoms with Crippen molar-refractivity contribution in [3.63, 3.8) is 0 Å². The van der Waals surface area contributed by atoms with E-state index in [4.69, 9.17) is 17.3 Å². The first kappa shape index (κ1) is 28.6. The molecule has 0 aromatic heterocycles. The summed E-state index contributed by atoms with van der Waals surface area (Å²) in [6.45, 7) is 6.14. The average Bonchev–Trinajstić information content (AvgIpc) is 2.85. The molecule has 3 amide bonds. The second kappa shape index (κ2) is 13.0. The van der Waals surface area contributed by atoms with Gasteiger partial charge in [-0.2, -0.15) is 0 Å². The summed E-state index contributed by atoms with van der Waals surface area (Å²) in [4.78, 5) is 43.5. The number of amides is 3. The molecule has 9 heteroatoms. The molecular weight excluding hydrogens is 495 g/mol. The molecule has 2 aromatic rings. The number of rotatable bonds is 10. The summed E-state index contributed by atoms with van der Waals surface area (Å²) in [5, 5.41) is 3.46. The third-order valence-electron chi connectivity index (χ3n) is 6.54. The van der Waals surface area contributed by atoms with E-state index in [9.17, 15) is 18.8 Å². The van der Waals surface area contributed by atoms with Gasteiger partial charge in [-0.3, -0.25) is 14.4 Å². The highest BCUT2D eigenvalue weighted by atomic mass is 35.5. The van der Waals surface area contributed by atoms with E-state index in [1.165, 1.54) is 12.1 Å². The molecule has 0 aliphatic carbocycles. The molecule has 3 N–H and O–H groups in total. The van der Waals surface area contributed by atoms with Crippen molar-refractivity contribution in [2.75, 3.05) is 13.1 Å². The van der Waals surface area contributed by atoms with E-state index in [-0.39, 0.29) is 55.5 Å². The van der Waals surface area contributed by atoms with Crippen LogP contribution in [0.25, 0.3) is 0 Å². The van der Waals surface area contributed by atoms with Gasteiger partial charge in [0.25, 0.3) is 0 Å². The molecule has 3 rings (SSSR count). The minimum absolute atomic E-state index is 0.102.